The molecule has 2 aromatic carbocycles. The highest BCUT2D eigenvalue weighted by Crippen LogP contribution is 2.27. The van der Waals surface area contributed by atoms with Crippen molar-refractivity contribution in [1.29, 1.82) is 0 Å². The number of rotatable bonds is 4. The van der Waals surface area contributed by atoms with E-state index in [0.717, 1.165) is 16.2 Å². The van der Waals surface area contributed by atoms with Crippen LogP contribution in [-0.2, 0) is 5.75 Å². The highest BCUT2D eigenvalue weighted by atomic mass is 32.2. The molecule has 0 aliphatic carbocycles. The fraction of sp³-hybridized carbons (Fsp3) is 0.0667. The molecule has 0 saturated carbocycles. The van der Waals surface area contributed by atoms with E-state index in [1.54, 1.807) is 17.8 Å². The second-order valence-corrected chi connectivity index (χ2v) is 6.15. The van der Waals surface area contributed by atoms with E-state index in [0.29, 0.717) is 16.7 Å². The van der Waals surface area contributed by atoms with Gasteiger partial charge in [0, 0.05) is 21.9 Å². The lowest BCUT2D eigenvalue weighted by Crippen LogP contribution is -2.11. The minimum atomic E-state index is 0.579. The molecule has 0 unspecified atom stereocenters. The number of hydrogen-bond donors (Lipinski definition) is 3. The summed E-state index contributed by atoms with van der Waals surface area (Å²) >= 11 is 5.80. The summed E-state index contributed by atoms with van der Waals surface area (Å²) < 4.78 is 1.49. The molecule has 0 saturated heterocycles. The monoisotopic (exact) mass is 329 g/mol. The van der Waals surface area contributed by atoms with E-state index in [1.165, 1.54) is 10.2 Å². The van der Waals surface area contributed by atoms with Crippen molar-refractivity contribution in [2.45, 2.75) is 15.8 Å². The van der Waals surface area contributed by atoms with Crippen LogP contribution in [0.4, 0.5) is 5.69 Å². The zero-order valence-corrected chi connectivity index (χ0v) is 13.4. The predicted molar refractivity (Wildman–Crippen MR) is 93.3 cm³/mol. The van der Waals surface area contributed by atoms with Crippen LogP contribution >= 0.6 is 24.4 Å². The topological polar surface area (TPSA) is 82.8 Å². The van der Waals surface area contributed by atoms with Gasteiger partial charge in [-0.15, -0.1) is 22.8 Å². The first kappa shape index (κ1) is 14.8. The summed E-state index contributed by atoms with van der Waals surface area (Å²) in [6, 6.07) is 15.6. The lowest BCUT2D eigenvalue weighted by atomic mass is 10.2. The molecule has 0 aliphatic rings. The number of aromatic nitrogens is 3. The Hall–Kier alpha value is -2.12. The van der Waals surface area contributed by atoms with E-state index in [9.17, 15) is 0 Å². The summed E-state index contributed by atoms with van der Waals surface area (Å²) in [6.07, 6.45) is 0. The fourth-order valence-corrected chi connectivity index (χ4v) is 2.94. The number of hydrogen-bond acceptors (Lipinski definition) is 6. The van der Waals surface area contributed by atoms with Crippen molar-refractivity contribution in [3.05, 3.63) is 54.1 Å². The van der Waals surface area contributed by atoms with Crippen molar-refractivity contribution < 1.29 is 0 Å². The second-order valence-electron chi connectivity index (χ2n) is 4.72. The van der Waals surface area contributed by atoms with E-state index < -0.39 is 0 Å². The van der Waals surface area contributed by atoms with Gasteiger partial charge in [0.05, 0.1) is 0 Å². The van der Waals surface area contributed by atoms with Gasteiger partial charge in [0.25, 0.3) is 0 Å². The van der Waals surface area contributed by atoms with Crippen molar-refractivity contribution in [3.63, 3.8) is 0 Å². The molecule has 0 bridgehead atoms. The number of nitrogens with zero attached hydrogens (tertiary/aromatic N) is 3. The number of thioether (sulfide) groups is 1. The summed E-state index contributed by atoms with van der Waals surface area (Å²) in [5, 5.41) is 8.97. The fourth-order valence-electron chi connectivity index (χ4n) is 1.99. The predicted octanol–water partition coefficient (Wildman–Crippen LogP) is 2.82. The summed E-state index contributed by atoms with van der Waals surface area (Å²) in [6.45, 7) is 0. The maximum atomic E-state index is 6.10. The molecule has 1 heterocycles. The minimum Gasteiger partial charge on any atom is -0.398 e. The Balaban J connectivity index is 1.81. The lowest BCUT2D eigenvalue weighted by Gasteiger charge is -2.05. The minimum absolute atomic E-state index is 0.579. The van der Waals surface area contributed by atoms with Crippen molar-refractivity contribution in [3.8, 4) is 11.4 Å². The average molecular weight is 329 g/mol. The summed E-state index contributed by atoms with van der Waals surface area (Å²) in [5.41, 5.74) is 8.48. The zero-order chi connectivity index (χ0) is 15.5. The SMILES string of the molecule is Nc1cc(-c2nnc(SCc3ccccc3)n2N)ccc1S. The number of anilines is 1. The van der Waals surface area contributed by atoms with Gasteiger partial charge in [-0.1, -0.05) is 42.1 Å². The van der Waals surface area contributed by atoms with E-state index in [2.05, 4.69) is 35.0 Å². The Morgan fingerprint density at radius 3 is 2.59 bits per heavy atom. The third-order valence-electron chi connectivity index (χ3n) is 3.16. The summed E-state index contributed by atoms with van der Waals surface area (Å²) in [7, 11) is 0. The van der Waals surface area contributed by atoms with E-state index in [4.69, 9.17) is 11.6 Å². The van der Waals surface area contributed by atoms with Crippen LogP contribution in [0, 0.1) is 0 Å². The Morgan fingerprint density at radius 2 is 1.86 bits per heavy atom. The van der Waals surface area contributed by atoms with Crippen molar-refractivity contribution in [1.82, 2.24) is 14.9 Å². The van der Waals surface area contributed by atoms with E-state index >= 15 is 0 Å². The van der Waals surface area contributed by atoms with Gasteiger partial charge in [-0.05, 0) is 23.8 Å². The van der Waals surface area contributed by atoms with Gasteiger partial charge < -0.3 is 11.6 Å². The maximum Gasteiger partial charge on any atom is 0.210 e. The number of nitrogens with two attached hydrogens (primary N) is 2. The van der Waals surface area contributed by atoms with Crippen LogP contribution in [0.1, 0.15) is 5.56 Å². The van der Waals surface area contributed by atoms with Gasteiger partial charge in [0.15, 0.2) is 5.82 Å². The number of nitrogen functional groups attached to an aromatic ring is 2. The van der Waals surface area contributed by atoms with E-state index in [-0.39, 0.29) is 0 Å². The third kappa shape index (κ3) is 3.05. The van der Waals surface area contributed by atoms with Crippen molar-refractivity contribution in [2.75, 3.05) is 11.6 Å². The standard InChI is InChI=1S/C15H15N5S2/c16-12-8-11(6-7-13(12)21)14-18-19-15(20(14)17)22-9-10-4-2-1-3-5-10/h1-8,21H,9,16-17H2. The molecule has 22 heavy (non-hydrogen) atoms. The van der Waals surface area contributed by atoms with Gasteiger partial charge in [0.2, 0.25) is 5.16 Å². The number of benzene rings is 2. The van der Waals surface area contributed by atoms with Gasteiger partial charge in [0.1, 0.15) is 0 Å². The molecular formula is C15H15N5S2. The Bertz CT molecular complexity index is 786. The molecule has 0 spiro atoms. The maximum absolute atomic E-state index is 6.10. The van der Waals surface area contributed by atoms with Gasteiger partial charge in [-0.3, -0.25) is 0 Å². The molecule has 1 aromatic heterocycles. The Labute approximate surface area is 138 Å². The third-order valence-corrected chi connectivity index (χ3v) is 4.58. The highest BCUT2D eigenvalue weighted by molar-refractivity contribution is 7.98. The van der Waals surface area contributed by atoms with Gasteiger partial charge in [-0.2, -0.15) is 0 Å². The highest BCUT2D eigenvalue weighted by Gasteiger charge is 2.13. The smallest absolute Gasteiger partial charge is 0.210 e. The van der Waals surface area contributed by atoms with Crippen LogP contribution in [0.15, 0.2) is 58.6 Å². The largest absolute Gasteiger partial charge is 0.398 e. The number of thiol groups is 1. The first-order valence-electron chi connectivity index (χ1n) is 6.61. The van der Waals surface area contributed by atoms with Crippen LogP contribution in [0.2, 0.25) is 0 Å². The van der Waals surface area contributed by atoms with Crippen LogP contribution in [-0.4, -0.2) is 14.9 Å². The van der Waals surface area contributed by atoms with Gasteiger partial charge >= 0.3 is 0 Å². The lowest BCUT2D eigenvalue weighted by molar-refractivity contribution is 0.849. The van der Waals surface area contributed by atoms with E-state index in [1.807, 2.05) is 30.3 Å². The molecule has 3 aromatic rings. The summed E-state index contributed by atoms with van der Waals surface area (Å²) in [5.74, 6) is 7.46. The summed E-state index contributed by atoms with van der Waals surface area (Å²) in [4.78, 5) is 0.727. The molecule has 0 radical (unpaired) electrons. The molecule has 0 aliphatic heterocycles. The first-order chi connectivity index (χ1) is 10.6. The van der Waals surface area contributed by atoms with Crippen LogP contribution < -0.4 is 11.6 Å². The molecule has 0 amide bonds. The Kier molecular flexibility index (Phi) is 4.26. The molecule has 4 N–H and O–H groups in total. The molecule has 0 fully saturated rings. The van der Waals surface area contributed by atoms with Crippen LogP contribution in [0.3, 0.4) is 0 Å². The molecule has 5 nitrogen and oxygen atoms in total. The zero-order valence-electron chi connectivity index (χ0n) is 11.7. The molecule has 0 atom stereocenters. The quantitative estimate of drug-likeness (QED) is 0.297. The van der Waals surface area contributed by atoms with Crippen molar-refractivity contribution >= 4 is 30.1 Å². The normalized spacial score (nSPS) is 10.8. The second kappa shape index (κ2) is 6.33. The molecule has 3 rings (SSSR count). The average Bonchev–Trinajstić information content (AvgIpc) is 2.90. The Morgan fingerprint density at radius 1 is 1.09 bits per heavy atom. The van der Waals surface area contributed by atoms with Gasteiger partial charge in [-0.25, -0.2) is 4.68 Å². The van der Waals surface area contributed by atoms with Crippen molar-refractivity contribution in [2.24, 2.45) is 0 Å². The molecular weight excluding hydrogens is 314 g/mol. The first-order valence-corrected chi connectivity index (χ1v) is 8.04. The molecule has 7 heteroatoms. The van der Waals surface area contributed by atoms with Crippen LogP contribution in [0.25, 0.3) is 11.4 Å². The van der Waals surface area contributed by atoms with Crippen LogP contribution in [0.5, 0.6) is 0 Å². The molecule has 112 valence electrons.